The molecule has 0 saturated carbocycles. The molecule has 2 atom stereocenters. The highest BCUT2D eigenvalue weighted by molar-refractivity contribution is 5.94. The molecule has 2 saturated heterocycles. The zero-order valence-corrected chi connectivity index (χ0v) is 14.8. The van der Waals surface area contributed by atoms with Gasteiger partial charge in [0.2, 0.25) is 0 Å². The number of likely N-dealkylation sites (tertiary alicyclic amines) is 2. The summed E-state index contributed by atoms with van der Waals surface area (Å²) in [6.45, 7) is 5.07. The van der Waals surface area contributed by atoms with Gasteiger partial charge in [-0.1, -0.05) is 6.92 Å². The molecule has 2 heterocycles. The van der Waals surface area contributed by atoms with Crippen LogP contribution in [0.1, 0.15) is 43.0 Å². The third-order valence-corrected chi connectivity index (χ3v) is 5.31. The number of primary amides is 1. The molecule has 136 valence electrons. The van der Waals surface area contributed by atoms with E-state index in [1.54, 1.807) is 24.3 Å². The molecule has 0 radical (unpaired) electrons. The van der Waals surface area contributed by atoms with Crippen molar-refractivity contribution in [3.8, 4) is 5.75 Å². The van der Waals surface area contributed by atoms with Crippen LogP contribution in [0.3, 0.4) is 0 Å². The van der Waals surface area contributed by atoms with Gasteiger partial charge in [0.05, 0.1) is 0 Å². The predicted octanol–water partition coefficient (Wildman–Crippen LogP) is 1.64. The number of nitrogens with zero attached hydrogens (tertiary/aromatic N) is 2. The summed E-state index contributed by atoms with van der Waals surface area (Å²) in [5, 5.41) is 0. The monoisotopic (exact) mass is 345 g/mol. The maximum Gasteiger partial charge on any atom is 0.255 e. The lowest BCUT2D eigenvalue weighted by Gasteiger charge is -2.34. The Hall–Kier alpha value is -2.08. The molecule has 0 bridgehead atoms. The number of hydrogen-bond acceptors (Lipinski definition) is 4. The van der Waals surface area contributed by atoms with Gasteiger partial charge in [0.25, 0.3) is 11.8 Å². The van der Waals surface area contributed by atoms with E-state index in [9.17, 15) is 9.59 Å². The van der Waals surface area contributed by atoms with Gasteiger partial charge in [-0.2, -0.15) is 0 Å². The third-order valence-electron chi connectivity index (χ3n) is 5.31. The van der Waals surface area contributed by atoms with Gasteiger partial charge < -0.3 is 15.4 Å². The molecule has 1 aromatic rings. The van der Waals surface area contributed by atoms with Crippen molar-refractivity contribution in [2.45, 2.75) is 44.7 Å². The van der Waals surface area contributed by atoms with Crippen molar-refractivity contribution in [1.29, 1.82) is 0 Å². The molecular formula is C19H27N3O3. The molecule has 2 aliphatic heterocycles. The third kappa shape index (κ3) is 3.95. The van der Waals surface area contributed by atoms with Gasteiger partial charge in [-0.05, 0) is 63.0 Å². The van der Waals surface area contributed by atoms with Crippen molar-refractivity contribution in [2.24, 2.45) is 5.73 Å². The summed E-state index contributed by atoms with van der Waals surface area (Å²) in [5.74, 6) is 0.116. The molecule has 25 heavy (non-hydrogen) atoms. The smallest absolute Gasteiger partial charge is 0.255 e. The lowest BCUT2D eigenvalue weighted by atomic mass is 10.0. The Morgan fingerprint density at radius 1 is 1.12 bits per heavy atom. The summed E-state index contributed by atoms with van der Waals surface area (Å²) >= 11 is 0. The van der Waals surface area contributed by atoms with Crippen LogP contribution in [0.5, 0.6) is 5.75 Å². The van der Waals surface area contributed by atoms with E-state index in [0.29, 0.717) is 23.4 Å². The molecule has 2 amide bonds. The van der Waals surface area contributed by atoms with E-state index in [2.05, 4.69) is 16.7 Å². The second-order valence-electron chi connectivity index (χ2n) is 6.83. The number of likely N-dealkylation sites (N-methyl/N-ethyl adjacent to an activating group) is 1. The molecule has 3 rings (SSSR count). The normalized spacial score (nSPS) is 23.8. The number of rotatable bonds is 6. The number of benzene rings is 1. The lowest BCUT2D eigenvalue weighted by molar-refractivity contribution is -0.119. The van der Waals surface area contributed by atoms with E-state index >= 15 is 0 Å². The maximum absolute atomic E-state index is 13.0. The fourth-order valence-electron chi connectivity index (χ4n) is 4.14. The van der Waals surface area contributed by atoms with Gasteiger partial charge in [0, 0.05) is 24.2 Å². The number of carbonyl (C=O) groups excluding carboxylic acids is 2. The van der Waals surface area contributed by atoms with Crippen molar-refractivity contribution in [3.63, 3.8) is 0 Å². The maximum atomic E-state index is 13.0. The van der Waals surface area contributed by atoms with Crippen LogP contribution in [0.4, 0.5) is 0 Å². The summed E-state index contributed by atoms with van der Waals surface area (Å²) in [6, 6.07) is 7.78. The zero-order valence-electron chi connectivity index (χ0n) is 14.8. The Bertz CT molecular complexity index is 617. The van der Waals surface area contributed by atoms with Crippen LogP contribution in [0, 0.1) is 0 Å². The second-order valence-corrected chi connectivity index (χ2v) is 6.83. The van der Waals surface area contributed by atoms with Crippen molar-refractivity contribution >= 4 is 11.8 Å². The minimum absolute atomic E-state index is 0.0897. The summed E-state index contributed by atoms with van der Waals surface area (Å²) < 4.78 is 5.25. The van der Waals surface area contributed by atoms with E-state index < -0.39 is 5.91 Å². The predicted molar refractivity (Wildman–Crippen MR) is 95.5 cm³/mol. The highest BCUT2D eigenvalue weighted by Crippen LogP contribution is 2.31. The van der Waals surface area contributed by atoms with Crippen LogP contribution in [-0.2, 0) is 4.79 Å². The van der Waals surface area contributed by atoms with E-state index in [-0.39, 0.29) is 12.5 Å². The van der Waals surface area contributed by atoms with Crippen LogP contribution in [0.25, 0.3) is 0 Å². The number of hydrogen-bond donors (Lipinski definition) is 1. The summed E-state index contributed by atoms with van der Waals surface area (Å²) in [4.78, 5) is 28.3. The average molecular weight is 345 g/mol. The van der Waals surface area contributed by atoms with Crippen LogP contribution >= 0.6 is 0 Å². The Morgan fingerprint density at radius 3 is 2.48 bits per heavy atom. The molecular weight excluding hydrogens is 318 g/mol. The van der Waals surface area contributed by atoms with Gasteiger partial charge >= 0.3 is 0 Å². The van der Waals surface area contributed by atoms with Crippen molar-refractivity contribution in [2.75, 3.05) is 26.2 Å². The van der Waals surface area contributed by atoms with E-state index in [1.165, 1.54) is 12.8 Å². The standard InChI is InChI=1S/C19H27N3O3/c1-2-21-11-3-5-16(21)17-6-4-12-22(17)19(24)14-7-9-15(10-8-14)25-13-18(20)23/h7-10,16-17H,2-6,11-13H2,1H3,(H2,20,23)/t16-,17-/m1/s1. The van der Waals surface area contributed by atoms with Crippen molar-refractivity contribution in [1.82, 2.24) is 9.80 Å². The first-order valence-electron chi connectivity index (χ1n) is 9.16. The average Bonchev–Trinajstić information content (AvgIpc) is 3.27. The number of ether oxygens (including phenoxy) is 1. The Kier molecular flexibility index (Phi) is 5.58. The minimum Gasteiger partial charge on any atom is -0.484 e. The number of amides is 2. The van der Waals surface area contributed by atoms with Crippen LogP contribution < -0.4 is 10.5 Å². The molecule has 0 spiro atoms. The highest BCUT2D eigenvalue weighted by Gasteiger charge is 2.39. The van der Waals surface area contributed by atoms with Crippen LogP contribution in [0.2, 0.25) is 0 Å². The van der Waals surface area contributed by atoms with Gasteiger partial charge in [0.15, 0.2) is 6.61 Å². The van der Waals surface area contributed by atoms with Crippen molar-refractivity contribution in [3.05, 3.63) is 29.8 Å². The van der Waals surface area contributed by atoms with Crippen LogP contribution in [-0.4, -0.2) is 59.9 Å². The first-order chi connectivity index (χ1) is 12.1. The fourth-order valence-corrected chi connectivity index (χ4v) is 4.14. The zero-order chi connectivity index (χ0) is 17.8. The topological polar surface area (TPSA) is 75.9 Å². The highest BCUT2D eigenvalue weighted by atomic mass is 16.5. The number of nitrogens with two attached hydrogens (primary N) is 1. The van der Waals surface area contributed by atoms with E-state index in [0.717, 1.165) is 32.5 Å². The Morgan fingerprint density at radius 2 is 1.80 bits per heavy atom. The first-order valence-corrected chi connectivity index (χ1v) is 9.16. The Labute approximate surface area is 148 Å². The summed E-state index contributed by atoms with van der Waals surface area (Å²) in [7, 11) is 0. The fraction of sp³-hybridized carbons (Fsp3) is 0.579. The lowest BCUT2D eigenvalue weighted by Crippen LogP contribution is -2.48. The van der Waals surface area contributed by atoms with Crippen molar-refractivity contribution < 1.29 is 14.3 Å². The first kappa shape index (κ1) is 17.7. The minimum atomic E-state index is -0.517. The second kappa shape index (κ2) is 7.87. The largest absolute Gasteiger partial charge is 0.484 e. The summed E-state index contributed by atoms with van der Waals surface area (Å²) in [6.07, 6.45) is 4.57. The van der Waals surface area contributed by atoms with Gasteiger partial charge in [-0.15, -0.1) is 0 Å². The molecule has 2 aliphatic rings. The SMILES string of the molecule is CCN1CCC[C@@H]1[C@H]1CCCN1C(=O)c1ccc(OCC(N)=O)cc1. The van der Waals surface area contributed by atoms with E-state index in [4.69, 9.17) is 10.5 Å². The molecule has 2 N–H and O–H groups in total. The van der Waals surface area contributed by atoms with Gasteiger partial charge in [-0.3, -0.25) is 14.5 Å². The van der Waals surface area contributed by atoms with Gasteiger partial charge in [-0.25, -0.2) is 0 Å². The molecule has 0 unspecified atom stereocenters. The quantitative estimate of drug-likeness (QED) is 0.850. The Balaban J connectivity index is 1.68. The number of carbonyl (C=O) groups is 2. The van der Waals surface area contributed by atoms with E-state index in [1.807, 2.05) is 0 Å². The molecule has 0 aliphatic carbocycles. The molecule has 2 fully saturated rings. The summed E-state index contributed by atoms with van der Waals surface area (Å²) in [5.41, 5.74) is 5.74. The molecule has 0 aromatic heterocycles. The molecule has 6 heteroatoms. The van der Waals surface area contributed by atoms with Crippen LogP contribution in [0.15, 0.2) is 24.3 Å². The molecule has 1 aromatic carbocycles. The van der Waals surface area contributed by atoms with Gasteiger partial charge in [0.1, 0.15) is 5.75 Å². The molecule has 6 nitrogen and oxygen atoms in total.